The van der Waals surface area contributed by atoms with Crippen molar-refractivity contribution in [3.05, 3.63) is 42.1 Å². The van der Waals surface area contributed by atoms with E-state index in [2.05, 4.69) is 4.72 Å². The van der Waals surface area contributed by atoms with E-state index in [1.165, 1.54) is 19.1 Å². The molecule has 0 aliphatic rings. The van der Waals surface area contributed by atoms with Crippen LogP contribution >= 0.6 is 0 Å². The molecule has 6 heteroatoms. The highest BCUT2D eigenvalue weighted by Gasteiger charge is 2.12. The van der Waals surface area contributed by atoms with Crippen LogP contribution in [0.3, 0.4) is 0 Å². The summed E-state index contributed by atoms with van der Waals surface area (Å²) in [7, 11) is -3.65. The van der Waals surface area contributed by atoms with Crippen LogP contribution in [-0.4, -0.2) is 21.0 Å². The Morgan fingerprint density at radius 2 is 1.95 bits per heavy atom. The largest absolute Gasteiger partial charge is 0.462 e. The number of rotatable bonds is 7. The maximum atomic E-state index is 11.9. The molecule has 0 saturated heterocycles. The van der Waals surface area contributed by atoms with E-state index in [-0.39, 0.29) is 10.5 Å². The summed E-state index contributed by atoms with van der Waals surface area (Å²) >= 11 is 0. The number of carbonyl (C=O) groups is 1. The number of benzene rings is 1. The minimum absolute atomic E-state index is 0.142. The zero-order valence-corrected chi connectivity index (χ0v) is 12.4. The van der Waals surface area contributed by atoms with E-state index in [4.69, 9.17) is 4.74 Å². The monoisotopic (exact) mass is 297 g/mol. The van der Waals surface area contributed by atoms with Gasteiger partial charge >= 0.3 is 5.97 Å². The molecular weight excluding hydrogens is 278 g/mol. The number of ether oxygens (including phenoxy) is 1. The first kappa shape index (κ1) is 16.2. The third-order valence-corrected chi connectivity index (χ3v) is 3.86. The molecule has 0 fully saturated rings. The fourth-order valence-electron chi connectivity index (χ4n) is 1.32. The lowest BCUT2D eigenvalue weighted by Gasteiger charge is -2.06. The second-order valence-electron chi connectivity index (χ2n) is 4.25. The molecule has 110 valence electrons. The quantitative estimate of drug-likeness (QED) is 0.476. The Hall–Kier alpha value is -1.82. The molecule has 0 aromatic heterocycles. The van der Waals surface area contributed by atoms with E-state index in [1.54, 1.807) is 18.2 Å². The van der Waals surface area contributed by atoms with Crippen molar-refractivity contribution in [3.63, 3.8) is 0 Å². The predicted molar refractivity (Wildman–Crippen MR) is 76.4 cm³/mol. The second-order valence-corrected chi connectivity index (χ2v) is 5.97. The zero-order valence-electron chi connectivity index (χ0n) is 11.6. The van der Waals surface area contributed by atoms with E-state index >= 15 is 0 Å². The molecule has 0 aliphatic carbocycles. The van der Waals surface area contributed by atoms with E-state index in [9.17, 15) is 13.2 Å². The van der Waals surface area contributed by atoms with E-state index in [0.29, 0.717) is 6.61 Å². The Kier molecular flexibility index (Phi) is 6.24. The lowest BCUT2D eigenvalue weighted by Crippen LogP contribution is -2.20. The number of unbranched alkanes of at least 4 members (excludes halogenated alkanes) is 1. The molecule has 0 unspecified atom stereocenters. The highest BCUT2D eigenvalue weighted by Crippen LogP contribution is 2.07. The van der Waals surface area contributed by atoms with E-state index in [1.807, 2.05) is 6.92 Å². The van der Waals surface area contributed by atoms with Crippen LogP contribution in [-0.2, 0) is 19.6 Å². The van der Waals surface area contributed by atoms with Crippen LogP contribution in [0, 0.1) is 0 Å². The molecule has 5 nitrogen and oxygen atoms in total. The van der Waals surface area contributed by atoms with Crippen molar-refractivity contribution in [2.75, 3.05) is 6.61 Å². The van der Waals surface area contributed by atoms with Gasteiger partial charge in [0, 0.05) is 6.20 Å². The maximum Gasteiger partial charge on any atom is 0.335 e. The summed E-state index contributed by atoms with van der Waals surface area (Å²) < 4.78 is 31.1. The fourth-order valence-corrected chi connectivity index (χ4v) is 2.30. The van der Waals surface area contributed by atoms with Gasteiger partial charge < -0.3 is 4.74 Å². The Morgan fingerprint density at radius 1 is 1.30 bits per heavy atom. The SMILES string of the molecule is CCCCOC(=O)C(C)=CNS(=O)(=O)c1ccccc1. The van der Waals surface area contributed by atoms with Gasteiger partial charge in [0.25, 0.3) is 10.0 Å². The molecule has 1 aromatic carbocycles. The number of hydrogen-bond donors (Lipinski definition) is 1. The van der Waals surface area contributed by atoms with Gasteiger partial charge in [0.1, 0.15) is 0 Å². The van der Waals surface area contributed by atoms with Crippen LogP contribution in [0.5, 0.6) is 0 Å². The van der Waals surface area contributed by atoms with Crippen molar-refractivity contribution in [1.82, 2.24) is 4.72 Å². The number of nitrogens with one attached hydrogen (secondary N) is 1. The molecule has 20 heavy (non-hydrogen) atoms. The third kappa shape index (κ3) is 5.05. The summed E-state index contributed by atoms with van der Waals surface area (Å²) in [4.78, 5) is 11.7. The molecular formula is C14H19NO4S. The van der Waals surface area contributed by atoms with Crippen LogP contribution in [0.25, 0.3) is 0 Å². The summed E-state index contributed by atoms with van der Waals surface area (Å²) in [6.07, 6.45) is 2.86. The number of carbonyl (C=O) groups excluding carboxylic acids is 1. The molecule has 0 atom stereocenters. The van der Waals surface area contributed by atoms with Gasteiger partial charge in [-0.25, -0.2) is 13.2 Å². The van der Waals surface area contributed by atoms with Gasteiger partial charge in [0.15, 0.2) is 0 Å². The first-order chi connectivity index (χ1) is 9.47. The van der Waals surface area contributed by atoms with Crippen LogP contribution in [0.4, 0.5) is 0 Å². The molecule has 0 amide bonds. The minimum Gasteiger partial charge on any atom is -0.462 e. The molecule has 1 rings (SSSR count). The molecule has 0 bridgehead atoms. The van der Waals surface area contributed by atoms with Gasteiger partial charge in [-0.2, -0.15) is 0 Å². The highest BCUT2D eigenvalue weighted by molar-refractivity contribution is 7.89. The van der Waals surface area contributed by atoms with Gasteiger partial charge in [-0.05, 0) is 25.5 Å². The van der Waals surface area contributed by atoms with Gasteiger partial charge in [-0.3, -0.25) is 4.72 Å². The third-order valence-electron chi connectivity index (χ3n) is 2.54. The molecule has 0 heterocycles. The second kappa shape index (κ2) is 7.69. The van der Waals surface area contributed by atoms with E-state index < -0.39 is 16.0 Å². The fraction of sp³-hybridized carbons (Fsp3) is 0.357. The summed E-state index contributed by atoms with van der Waals surface area (Å²) in [6, 6.07) is 7.94. The van der Waals surface area contributed by atoms with Crippen molar-refractivity contribution in [1.29, 1.82) is 0 Å². The van der Waals surface area contributed by atoms with Crippen LogP contribution < -0.4 is 4.72 Å². The van der Waals surface area contributed by atoms with Gasteiger partial charge in [-0.15, -0.1) is 0 Å². The molecule has 1 N–H and O–H groups in total. The molecule has 0 radical (unpaired) electrons. The molecule has 0 spiro atoms. The number of sulfonamides is 1. The van der Waals surface area contributed by atoms with Gasteiger partial charge in [0.2, 0.25) is 0 Å². The first-order valence-electron chi connectivity index (χ1n) is 6.38. The Balaban J connectivity index is 2.64. The smallest absolute Gasteiger partial charge is 0.335 e. The van der Waals surface area contributed by atoms with Gasteiger partial charge in [-0.1, -0.05) is 31.5 Å². The van der Waals surface area contributed by atoms with Crippen LogP contribution in [0.2, 0.25) is 0 Å². The molecule has 1 aromatic rings. The lowest BCUT2D eigenvalue weighted by atomic mass is 10.3. The number of esters is 1. The molecule has 0 aliphatic heterocycles. The van der Waals surface area contributed by atoms with Crippen LogP contribution in [0.15, 0.2) is 47.0 Å². The van der Waals surface area contributed by atoms with Crippen molar-refractivity contribution in [2.45, 2.75) is 31.6 Å². The lowest BCUT2D eigenvalue weighted by molar-refractivity contribution is -0.139. The summed E-state index contributed by atoms with van der Waals surface area (Å²) in [5, 5.41) is 0. The highest BCUT2D eigenvalue weighted by atomic mass is 32.2. The Morgan fingerprint density at radius 3 is 2.55 bits per heavy atom. The van der Waals surface area contributed by atoms with Crippen LogP contribution in [0.1, 0.15) is 26.7 Å². The van der Waals surface area contributed by atoms with Crippen molar-refractivity contribution in [2.24, 2.45) is 0 Å². The van der Waals surface area contributed by atoms with Crippen molar-refractivity contribution >= 4 is 16.0 Å². The summed E-state index contributed by atoms with van der Waals surface area (Å²) in [6.45, 7) is 3.83. The molecule has 0 saturated carbocycles. The predicted octanol–water partition coefficient (Wildman–Crippen LogP) is 2.21. The maximum absolute atomic E-state index is 11.9. The van der Waals surface area contributed by atoms with E-state index in [0.717, 1.165) is 19.0 Å². The van der Waals surface area contributed by atoms with Crippen molar-refractivity contribution < 1.29 is 17.9 Å². The summed E-state index contributed by atoms with van der Waals surface area (Å²) in [5.74, 6) is -0.519. The first-order valence-corrected chi connectivity index (χ1v) is 7.87. The standard InChI is InChI=1S/C14H19NO4S/c1-3-4-10-19-14(16)12(2)11-15-20(17,18)13-8-6-5-7-9-13/h5-9,11,15H,3-4,10H2,1-2H3. The normalized spacial score (nSPS) is 12.0. The van der Waals surface area contributed by atoms with Gasteiger partial charge in [0.05, 0.1) is 17.1 Å². The summed E-state index contributed by atoms with van der Waals surface area (Å²) in [5.41, 5.74) is 0.209. The Bertz CT molecular complexity index is 564. The number of hydrogen-bond acceptors (Lipinski definition) is 4. The minimum atomic E-state index is -3.65. The Labute approximate surface area is 119 Å². The topological polar surface area (TPSA) is 72.5 Å². The zero-order chi connectivity index (χ0) is 15.0. The average Bonchev–Trinajstić information content (AvgIpc) is 2.46. The average molecular weight is 297 g/mol. The van der Waals surface area contributed by atoms with Crippen molar-refractivity contribution in [3.8, 4) is 0 Å².